The van der Waals surface area contributed by atoms with Crippen LogP contribution in [-0.4, -0.2) is 11.5 Å². The zero-order valence-electron chi connectivity index (χ0n) is 15.4. The van der Waals surface area contributed by atoms with Gasteiger partial charge in [0.15, 0.2) is 0 Å². The molecule has 0 atom stereocenters. The lowest BCUT2D eigenvalue weighted by atomic mass is 10.1. The third-order valence-corrected chi connectivity index (χ3v) is 4.32. The van der Waals surface area contributed by atoms with E-state index in [0.717, 1.165) is 35.8 Å². The predicted octanol–water partition coefficient (Wildman–Crippen LogP) is 6.25. The summed E-state index contributed by atoms with van der Waals surface area (Å²) in [5.74, 6) is 0. The Morgan fingerprint density at radius 3 is 2.50 bits per heavy atom. The van der Waals surface area contributed by atoms with Crippen LogP contribution < -0.4 is 5.32 Å². The molecule has 3 aromatic carbocycles. The van der Waals surface area contributed by atoms with E-state index in [4.69, 9.17) is 0 Å². The number of hydrogen-bond donors (Lipinski definition) is 1. The number of nitriles is 1. The molecule has 0 aromatic heterocycles. The largest absolute Gasteiger partial charge is 0.385 e. The monoisotopic (exact) mass is 373 g/mol. The number of azo groups is 1. The molecule has 7 nitrogen and oxygen atoms in total. The van der Waals surface area contributed by atoms with Crippen LogP contribution in [0.25, 0.3) is 10.8 Å². The maximum Gasteiger partial charge on any atom is 0.270 e. The SMILES string of the molecule is CCCCNc1ccc(N=Nc2ccc([N+](=O)[O-])cc2C#N)c2ccccc12. The van der Waals surface area contributed by atoms with Gasteiger partial charge >= 0.3 is 0 Å². The Balaban J connectivity index is 1.96. The van der Waals surface area contributed by atoms with E-state index in [1.54, 1.807) is 0 Å². The van der Waals surface area contributed by atoms with Crippen molar-refractivity contribution in [3.63, 3.8) is 0 Å². The molecule has 0 aliphatic rings. The van der Waals surface area contributed by atoms with E-state index in [-0.39, 0.29) is 11.3 Å². The van der Waals surface area contributed by atoms with Crippen LogP contribution in [0.1, 0.15) is 25.3 Å². The Bertz CT molecular complexity index is 1090. The molecule has 0 amide bonds. The van der Waals surface area contributed by atoms with Crippen molar-refractivity contribution >= 4 is 33.5 Å². The Hall–Kier alpha value is -3.79. The van der Waals surface area contributed by atoms with E-state index in [1.165, 1.54) is 18.2 Å². The molecule has 1 N–H and O–H groups in total. The van der Waals surface area contributed by atoms with Crippen LogP contribution in [0.4, 0.5) is 22.7 Å². The average Bonchev–Trinajstić information content (AvgIpc) is 2.73. The molecule has 0 aliphatic carbocycles. The smallest absolute Gasteiger partial charge is 0.270 e. The number of fused-ring (bicyclic) bond motifs is 1. The molecule has 0 bridgehead atoms. The Morgan fingerprint density at radius 2 is 1.79 bits per heavy atom. The van der Waals surface area contributed by atoms with Gasteiger partial charge < -0.3 is 5.32 Å². The van der Waals surface area contributed by atoms with E-state index in [2.05, 4.69) is 22.5 Å². The van der Waals surface area contributed by atoms with Gasteiger partial charge in [0.25, 0.3) is 5.69 Å². The number of anilines is 1. The molecule has 3 rings (SSSR count). The van der Waals surface area contributed by atoms with E-state index < -0.39 is 4.92 Å². The number of non-ortho nitro benzene ring substituents is 1. The molecule has 0 saturated carbocycles. The zero-order chi connectivity index (χ0) is 19.9. The lowest BCUT2D eigenvalue weighted by molar-refractivity contribution is -0.384. The number of nitrogens with one attached hydrogen (secondary N) is 1. The van der Waals surface area contributed by atoms with Crippen molar-refractivity contribution in [3.8, 4) is 6.07 Å². The van der Waals surface area contributed by atoms with Crippen molar-refractivity contribution in [2.24, 2.45) is 10.2 Å². The van der Waals surface area contributed by atoms with Crippen molar-refractivity contribution in [2.45, 2.75) is 19.8 Å². The van der Waals surface area contributed by atoms with Crippen molar-refractivity contribution in [2.75, 3.05) is 11.9 Å². The molecule has 0 unspecified atom stereocenters. The highest BCUT2D eigenvalue weighted by atomic mass is 16.6. The van der Waals surface area contributed by atoms with Gasteiger partial charge in [0.05, 0.1) is 16.2 Å². The number of rotatable bonds is 7. The fraction of sp³-hybridized carbons (Fsp3) is 0.190. The van der Waals surface area contributed by atoms with Crippen LogP contribution in [0.2, 0.25) is 0 Å². The molecular formula is C21H19N5O2. The highest BCUT2D eigenvalue weighted by Gasteiger charge is 2.11. The highest BCUT2D eigenvalue weighted by Crippen LogP contribution is 2.33. The van der Waals surface area contributed by atoms with Gasteiger partial charge in [-0.15, -0.1) is 10.2 Å². The Labute approximate surface area is 162 Å². The molecule has 0 fully saturated rings. The minimum Gasteiger partial charge on any atom is -0.385 e. The fourth-order valence-corrected chi connectivity index (χ4v) is 2.85. The summed E-state index contributed by atoms with van der Waals surface area (Å²) in [6.07, 6.45) is 2.21. The van der Waals surface area contributed by atoms with Crippen LogP contribution >= 0.6 is 0 Å². The first-order valence-electron chi connectivity index (χ1n) is 9.00. The molecule has 7 heteroatoms. The first kappa shape index (κ1) is 19.0. The minimum atomic E-state index is -0.542. The summed E-state index contributed by atoms with van der Waals surface area (Å²) < 4.78 is 0. The summed E-state index contributed by atoms with van der Waals surface area (Å²) in [7, 11) is 0. The third kappa shape index (κ3) is 4.13. The molecule has 0 saturated heterocycles. The number of hydrogen-bond acceptors (Lipinski definition) is 6. The van der Waals surface area contributed by atoms with Crippen LogP contribution in [0.15, 0.2) is 64.8 Å². The van der Waals surface area contributed by atoms with Crippen molar-refractivity contribution in [3.05, 3.63) is 70.3 Å². The van der Waals surface area contributed by atoms with E-state index in [9.17, 15) is 15.4 Å². The van der Waals surface area contributed by atoms with Gasteiger partial charge in [-0.1, -0.05) is 37.6 Å². The molecule has 0 heterocycles. The molecule has 0 radical (unpaired) electrons. The maximum atomic E-state index is 10.9. The fourth-order valence-electron chi connectivity index (χ4n) is 2.85. The maximum absolute atomic E-state index is 10.9. The molecule has 3 aromatic rings. The summed E-state index contributed by atoms with van der Waals surface area (Å²) in [5, 5.41) is 34.0. The molecule has 0 aliphatic heterocycles. The van der Waals surface area contributed by atoms with Crippen molar-refractivity contribution in [1.29, 1.82) is 5.26 Å². The van der Waals surface area contributed by atoms with Gasteiger partial charge in [0.2, 0.25) is 0 Å². The average molecular weight is 373 g/mol. The standard InChI is InChI=1S/C21H19N5O2/c1-2-3-12-23-20-10-11-21(18-7-5-4-6-17(18)20)25-24-19-9-8-16(26(27)28)13-15(19)14-22/h4-11,13,23H,2-3,12H2,1H3. The van der Waals surface area contributed by atoms with Crippen LogP contribution in [-0.2, 0) is 0 Å². The molecule has 28 heavy (non-hydrogen) atoms. The first-order valence-corrected chi connectivity index (χ1v) is 9.00. The second-order valence-corrected chi connectivity index (χ2v) is 6.23. The van der Waals surface area contributed by atoms with Crippen molar-refractivity contribution < 1.29 is 4.92 Å². The van der Waals surface area contributed by atoms with Gasteiger partial charge in [-0.3, -0.25) is 10.1 Å². The lowest BCUT2D eigenvalue weighted by Gasteiger charge is -2.10. The van der Waals surface area contributed by atoms with E-state index in [1.807, 2.05) is 42.5 Å². The van der Waals surface area contributed by atoms with Crippen LogP contribution in [0.5, 0.6) is 0 Å². The second kappa shape index (κ2) is 8.73. The summed E-state index contributed by atoms with van der Waals surface area (Å²) in [5.41, 5.74) is 1.96. The van der Waals surface area contributed by atoms with Crippen molar-refractivity contribution in [1.82, 2.24) is 0 Å². The lowest BCUT2D eigenvalue weighted by Crippen LogP contribution is -2.01. The number of nitro groups is 1. The zero-order valence-corrected chi connectivity index (χ0v) is 15.4. The van der Waals surface area contributed by atoms with Gasteiger partial charge in [-0.25, -0.2) is 0 Å². The number of nitro benzene ring substituents is 1. The molecule has 0 spiro atoms. The number of unbranched alkanes of at least 4 members (excludes halogenated alkanes) is 1. The number of nitrogens with zero attached hydrogens (tertiary/aromatic N) is 4. The van der Waals surface area contributed by atoms with Gasteiger partial charge in [-0.2, -0.15) is 5.26 Å². The van der Waals surface area contributed by atoms with Crippen LogP contribution in [0, 0.1) is 21.4 Å². The first-order chi connectivity index (χ1) is 13.6. The normalized spacial score (nSPS) is 10.9. The Morgan fingerprint density at radius 1 is 1.07 bits per heavy atom. The second-order valence-electron chi connectivity index (χ2n) is 6.23. The summed E-state index contributed by atoms with van der Waals surface area (Å²) in [4.78, 5) is 10.3. The van der Waals surface area contributed by atoms with Gasteiger partial charge in [0.1, 0.15) is 11.8 Å². The summed E-state index contributed by atoms with van der Waals surface area (Å²) in [6, 6.07) is 17.6. The summed E-state index contributed by atoms with van der Waals surface area (Å²) >= 11 is 0. The van der Waals surface area contributed by atoms with E-state index in [0.29, 0.717) is 11.4 Å². The third-order valence-electron chi connectivity index (χ3n) is 4.32. The van der Waals surface area contributed by atoms with Gasteiger partial charge in [0, 0.05) is 35.1 Å². The number of benzene rings is 3. The quantitative estimate of drug-likeness (QED) is 0.229. The van der Waals surface area contributed by atoms with E-state index >= 15 is 0 Å². The predicted molar refractivity (Wildman–Crippen MR) is 109 cm³/mol. The van der Waals surface area contributed by atoms with Crippen LogP contribution in [0.3, 0.4) is 0 Å². The Kier molecular flexibility index (Phi) is 5.92. The topological polar surface area (TPSA) is 104 Å². The summed E-state index contributed by atoms with van der Waals surface area (Å²) in [6.45, 7) is 3.05. The minimum absolute atomic E-state index is 0.111. The molecule has 140 valence electrons. The molecular weight excluding hydrogens is 354 g/mol. The van der Waals surface area contributed by atoms with Gasteiger partial charge in [-0.05, 0) is 24.6 Å². The highest BCUT2D eigenvalue weighted by molar-refractivity contribution is 6.00.